The maximum Gasteiger partial charge on any atom is 0.324 e. The molecule has 0 atom stereocenters. The molecule has 0 bridgehead atoms. The summed E-state index contributed by atoms with van der Waals surface area (Å²) in [5, 5.41) is 40.2. The molecule has 0 saturated heterocycles. The zero-order chi connectivity index (χ0) is 21.8. The molecule has 11 nitrogen and oxygen atoms in total. The first-order valence-electron chi connectivity index (χ1n) is 8.64. The highest BCUT2D eigenvalue weighted by molar-refractivity contribution is 5.64. The van der Waals surface area contributed by atoms with Gasteiger partial charge in [-0.25, -0.2) is 0 Å². The smallest absolute Gasteiger partial charge is 0.324 e. The number of hydrogen-bond donors (Lipinski definition) is 1. The summed E-state index contributed by atoms with van der Waals surface area (Å²) in [7, 11) is 0. The molecule has 0 spiro atoms. The number of non-ortho nitro benzene ring substituents is 1. The third-order valence-electron chi connectivity index (χ3n) is 3.63. The molecule has 0 saturated carbocycles. The Morgan fingerprint density at radius 1 is 1.03 bits per heavy atom. The first-order chi connectivity index (χ1) is 13.8. The number of benzene rings is 1. The van der Waals surface area contributed by atoms with Crippen molar-refractivity contribution in [1.29, 1.82) is 0 Å². The number of pyridine rings is 1. The Bertz CT molecular complexity index is 850. The van der Waals surface area contributed by atoms with Crippen molar-refractivity contribution in [3.63, 3.8) is 0 Å². The number of phenols is 1. The fraction of sp³-hybridized carbons (Fsp3) is 0.278. The first-order valence-corrected chi connectivity index (χ1v) is 8.64. The Balaban J connectivity index is 0.000000296. The third-order valence-corrected chi connectivity index (χ3v) is 3.63. The molecular weight excluding hydrogens is 384 g/mol. The van der Waals surface area contributed by atoms with E-state index in [4.69, 9.17) is 5.11 Å². The average molecular weight is 404 g/mol. The Kier molecular flexibility index (Phi) is 9.38. The topological polar surface area (TPSA) is 163 Å². The summed E-state index contributed by atoms with van der Waals surface area (Å²) < 4.78 is 0. The second kappa shape index (κ2) is 11.7. The highest BCUT2D eigenvalue weighted by Gasteiger charge is 2.30. The van der Waals surface area contributed by atoms with Gasteiger partial charge in [-0.3, -0.25) is 35.3 Å². The minimum absolute atomic E-state index is 0.447. The lowest BCUT2D eigenvalue weighted by Crippen LogP contribution is -1.97. The number of nitro benzene ring substituents is 3. The number of aromatic hydroxyl groups is 1. The van der Waals surface area contributed by atoms with Gasteiger partial charge in [0.05, 0.1) is 26.9 Å². The number of phenolic OH excluding ortho intramolecular Hbond substituents is 1. The average Bonchev–Trinajstić information content (AvgIpc) is 2.68. The van der Waals surface area contributed by atoms with Gasteiger partial charge in [0.2, 0.25) is 0 Å². The minimum Gasteiger partial charge on any atom is -0.497 e. The van der Waals surface area contributed by atoms with Crippen molar-refractivity contribution in [2.24, 2.45) is 0 Å². The molecule has 154 valence electrons. The number of allylic oxidation sites excluding steroid dienone is 1. The van der Waals surface area contributed by atoms with Gasteiger partial charge in [-0.05, 0) is 24.5 Å². The fourth-order valence-electron chi connectivity index (χ4n) is 2.18. The zero-order valence-corrected chi connectivity index (χ0v) is 15.6. The second-order valence-corrected chi connectivity index (χ2v) is 5.79. The van der Waals surface area contributed by atoms with Crippen LogP contribution in [-0.2, 0) is 0 Å². The molecule has 0 radical (unpaired) electrons. The van der Waals surface area contributed by atoms with Crippen molar-refractivity contribution in [2.45, 2.75) is 32.6 Å². The zero-order valence-electron chi connectivity index (χ0n) is 15.6. The fourth-order valence-corrected chi connectivity index (χ4v) is 2.18. The van der Waals surface area contributed by atoms with E-state index in [0.717, 1.165) is 0 Å². The number of hydrogen-bond acceptors (Lipinski definition) is 8. The van der Waals surface area contributed by atoms with Gasteiger partial charge >= 0.3 is 11.4 Å². The molecule has 0 aliphatic carbocycles. The largest absolute Gasteiger partial charge is 0.497 e. The molecule has 11 heteroatoms. The lowest BCUT2D eigenvalue weighted by atomic mass is 10.2. The number of nitro groups is 3. The predicted molar refractivity (Wildman–Crippen MR) is 105 cm³/mol. The molecule has 2 aromatic rings. The molecule has 1 aromatic carbocycles. The van der Waals surface area contributed by atoms with E-state index in [2.05, 4.69) is 30.1 Å². The van der Waals surface area contributed by atoms with Gasteiger partial charge in [0.1, 0.15) is 0 Å². The Hall–Kier alpha value is -3.89. The molecule has 1 aromatic heterocycles. The van der Waals surface area contributed by atoms with Crippen LogP contribution in [0.4, 0.5) is 17.1 Å². The van der Waals surface area contributed by atoms with Crippen LogP contribution in [0.5, 0.6) is 5.75 Å². The van der Waals surface area contributed by atoms with Crippen molar-refractivity contribution in [3.8, 4) is 5.75 Å². The first kappa shape index (κ1) is 23.1. The lowest BCUT2D eigenvalue weighted by Gasteiger charge is -1.97. The summed E-state index contributed by atoms with van der Waals surface area (Å²) in [6, 6.07) is 4.93. The van der Waals surface area contributed by atoms with Crippen molar-refractivity contribution >= 4 is 23.1 Å². The van der Waals surface area contributed by atoms with E-state index in [9.17, 15) is 30.3 Å². The monoisotopic (exact) mass is 404 g/mol. The van der Waals surface area contributed by atoms with E-state index in [1.807, 2.05) is 12.3 Å². The summed E-state index contributed by atoms with van der Waals surface area (Å²) >= 11 is 0. The Morgan fingerprint density at radius 2 is 1.66 bits per heavy atom. The SMILES string of the molecule is CCCCC/C=C/c1cccnc1.O=[N+]([O-])c1cc([N+](=O)[O-])c(O)c([N+](=O)[O-])c1. The van der Waals surface area contributed by atoms with Gasteiger partial charge in [0.15, 0.2) is 0 Å². The van der Waals surface area contributed by atoms with Crippen LogP contribution in [0.3, 0.4) is 0 Å². The van der Waals surface area contributed by atoms with Crippen LogP contribution in [0.1, 0.15) is 38.2 Å². The summed E-state index contributed by atoms with van der Waals surface area (Å²) in [5.41, 5.74) is -1.81. The number of rotatable bonds is 8. The van der Waals surface area contributed by atoms with Crippen LogP contribution in [0.25, 0.3) is 6.08 Å². The van der Waals surface area contributed by atoms with Crippen LogP contribution < -0.4 is 0 Å². The molecule has 0 aliphatic rings. The predicted octanol–water partition coefficient (Wildman–Crippen LogP) is 4.79. The number of aromatic nitrogens is 1. The van der Waals surface area contributed by atoms with E-state index in [1.165, 1.54) is 31.2 Å². The molecule has 2 rings (SSSR count). The molecule has 0 amide bonds. The van der Waals surface area contributed by atoms with Crippen molar-refractivity contribution in [2.75, 3.05) is 0 Å². The summed E-state index contributed by atoms with van der Waals surface area (Å²) in [4.78, 5) is 31.8. The van der Waals surface area contributed by atoms with Gasteiger partial charge in [0, 0.05) is 12.4 Å². The maximum atomic E-state index is 10.4. The van der Waals surface area contributed by atoms with Gasteiger partial charge < -0.3 is 5.11 Å². The van der Waals surface area contributed by atoms with Crippen LogP contribution in [0, 0.1) is 30.3 Å². The summed E-state index contributed by atoms with van der Waals surface area (Å²) in [5.74, 6) is -1.21. The molecule has 0 aliphatic heterocycles. The highest BCUT2D eigenvalue weighted by Crippen LogP contribution is 2.38. The maximum absolute atomic E-state index is 10.4. The highest BCUT2D eigenvalue weighted by atomic mass is 16.6. The molecule has 0 unspecified atom stereocenters. The van der Waals surface area contributed by atoms with Crippen molar-refractivity contribution in [3.05, 3.63) is 78.6 Å². The van der Waals surface area contributed by atoms with Crippen LogP contribution >= 0.6 is 0 Å². The van der Waals surface area contributed by atoms with Crippen LogP contribution in [0.15, 0.2) is 42.7 Å². The Labute approximate surface area is 165 Å². The summed E-state index contributed by atoms with van der Waals surface area (Å²) in [6.07, 6.45) is 13.2. The minimum atomic E-state index is -1.21. The van der Waals surface area contributed by atoms with Gasteiger partial charge in [-0.15, -0.1) is 0 Å². The van der Waals surface area contributed by atoms with E-state index in [0.29, 0.717) is 12.1 Å². The molecular formula is C18H20N4O7. The summed E-state index contributed by atoms with van der Waals surface area (Å²) in [6.45, 7) is 2.23. The quantitative estimate of drug-likeness (QED) is 0.373. The van der Waals surface area contributed by atoms with Crippen molar-refractivity contribution < 1.29 is 19.9 Å². The number of unbranched alkanes of at least 4 members (excludes halogenated alkanes) is 3. The van der Waals surface area contributed by atoms with Crippen LogP contribution in [-0.4, -0.2) is 24.9 Å². The van der Waals surface area contributed by atoms with E-state index in [-0.39, 0.29) is 0 Å². The molecule has 0 fully saturated rings. The normalized spacial score (nSPS) is 10.2. The van der Waals surface area contributed by atoms with Gasteiger partial charge in [0.25, 0.3) is 11.4 Å². The van der Waals surface area contributed by atoms with Gasteiger partial charge in [-0.1, -0.05) is 38.0 Å². The third kappa shape index (κ3) is 7.71. The van der Waals surface area contributed by atoms with E-state index in [1.54, 1.807) is 6.20 Å². The van der Waals surface area contributed by atoms with Crippen LogP contribution in [0.2, 0.25) is 0 Å². The molecule has 1 heterocycles. The van der Waals surface area contributed by atoms with Gasteiger partial charge in [-0.2, -0.15) is 0 Å². The molecule has 1 N–H and O–H groups in total. The Morgan fingerprint density at radius 3 is 2.10 bits per heavy atom. The van der Waals surface area contributed by atoms with E-state index >= 15 is 0 Å². The molecule has 29 heavy (non-hydrogen) atoms. The number of nitrogens with zero attached hydrogens (tertiary/aromatic N) is 4. The second-order valence-electron chi connectivity index (χ2n) is 5.79. The lowest BCUT2D eigenvalue weighted by molar-refractivity contribution is -0.404. The standard InChI is InChI=1S/C12H17N.C6H3N3O7/c1-2-3-4-5-6-8-12-9-7-10-13-11-12;10-6-4(8(13)14)1-3(7(11)12)2-5(6)9(15)16/h6-11H,2-5H2,1H3;1-2,10H/b8-6+;. The van der Waals surface area contributed by atoms with Crippen molar-refractivity contribution in [1.82, 2.24) is 4.98 Å². The van der Waals surface area contributed by atoms with E-state index < -0.39 is 37.6 Å².